The summed E-state index contributed by atoms with van der Waals surface area (Å²) < 4.78 is 20.4. The normalized spacial score (nSPS) is 16.7. The highest BCUT2D eigenvalue weighted by Crippen LogP contribution is 2.24. The zero-order valence-corrected chi connectivity index (χ0v) is 20.7. The number of benzene rings is 3. The zero-order valence-electron chi connectivity index (χ0n) is 20.7. The molecule has 0 amide bonds. The summed E-state index contributed by atoms with van der Waals surface area (Å²) in [6.07, 6.45) is 4.40. The molecule has 5 nitrogen and oxygen atoms in total. The lowest BCUT2D eigenvalue weighted by atomic mass is 10.0. The van der Waals surface area contributed by atoms with E-state index >= 15 is 0 Å². The number of likely N-dealkylation sites (tertiary alicyclic amines) is 1. The van der Waals surface area contributed by atoms with E-state index in [0.717, 1.165) is 67.7 Å². The summed E-state index contributed by atoms with van der Waals surface area (Å²) in [7, 11) is 1.68. The summed E-state index contributed by atoms with van der Waals surface area (Å²) in [5.41, 5.74) is 3.11. The molecular weight excluding hydrogens is 453 g/mol. The van der Waals surface area contributed by atoms with Gasteiger partial charge < -0.3 is 9.64 Å². The van der Waals surface area contributed by atoms with Crippen LogP contribution in [0.2, 0.25) is 0 Å². The fraction of sp³-hybridized carbons (Fsp3) is 0.333. The Kier molecular flexibility index (Phi) is 7.42. The van der Waals surface area contributed by atoms with Gasteiger partial charge in [-0.2, -0.15) is 5.10 Å². The Morgan fingerprint density at radius 2 is 1.64 bits per heavy atom. The van der Waals surface area contributed by atoms with Gasteiger partial charge in [0.15, 0.2) is 0 Å². The van der Waals surface area contributed by atoms with Crippen molar-refractivity contribution in [3.8, 4) is 5.75 Å². The van der Waals surface area contributed by atoms with Crippen molar-refractivity contribution in [2.75, 3.05) is 26.7 Å². The molecule has 1 saturated heterocycles. The minimum atomic E-state index is -0.253. The molecule has 1 unspecified atom stereocenters. The highest BCUT2D eigenvalue weighted by atomic mass is 19.1. The second-order valence-corrected chi connectivity index (χ2v) is 9.57. The molecule has 0 bridgehead atoms. The van der Waals surface area contributed by atoms with Crippen LogP contribution in [0.1, 0.15) is 42.1 Å². The molecule has 3 aromatic carbocycles. The van der Waals surface area contributed by atoms with Crippen LogP contribution in [0.4, 0.5) is 4.39 Å². The third-order valence-electron chi connectivity index (χ3n) is 7.20. The van der Waals surface area contributed by atoms with Gasteiger partial charge in [0.2, 0.25) is 0 Å². The molecule has 4 aromatic rings. The van der Waals surface area contributed by atoms with Crippen LogP contribution in [0.3, 0.4) is 0 Å². The molecule has 0 radical (unpaired) electrons. The van der Waals surface area contributed by atoms with Gasteiger partial charge in [0.25, 0.3) is 5.56 Å². The molecule has 5 rings (SSSR count). The lowest BCUT2D eigenvalue weighted by Gasteiger charge is -2.21. The highest BCUT2D eigenvalue weighted by molar-refractivity contribution is 5.83. The number of aromatic nitrogens is 2. The van der Waals surface area contributed by atoms with E-state index in [0.29, 0.717) is 11.8 Å². The Bertz CT molecular complexity index is 1370. The van der Waals surface area contributed by atoms with Gasteiger partial charge in [-0.05, 0) is 73.7 Å². The summed E-state index contributed by atoms with van der Waals surface area (Å²) in [6.45, 7) is 2.96. The van der Waals surface area contributed by atoms with Crippen LogP contribution in [0, 0.1) is 5.82 Å². The zero-order chi connectivity index (χ0) is 24.9. The van der Waals surface area contributed by atoms with Crippen LogP contribution < -0.4 is 10.3 Å². The quantitative estimate of drug-likeness (QED) is 0.351. The van der Waals surface area contributed by atoms with Crippen LogP contribution in [0.5, 0.6) is 5.75 Å². The number of fused-ring (bicyclic) bond motifs is 1. The monoisotopic (exact) mass is 485 g/mol. The molecule has 36 heavy (non-hydrogen) atoms. The number of halogens is 1. The van der Waals surface area contributed by atoms with Crippen LogP contribution >= 0.6 is 0 Å². The van der Waals surface area contributed by atoms with E-state index in [1.165, 1.54) is 17.7 Å². The van der Waals surface area contributed by atoms with Crippen molar-refractivity contribution >= 4 is 10.8 Å². The van der Waals surface area contributed by atoms with Crippen molar-refractivity contribution in [2.45, 2.75) is 38.1 Å². The standard InChI is InChI=1S/C30H32FN3O2/c1-36-26-14-10-22(11-15-26)16-19-33-18-4-5-25(17-20-33)34-30(35)28-7-3-2-6-27(28)29(32-34)21-23-8-12-24(31)13-9-23/h2-3,6-15,25H,4-5,16-21H2,1H3. The van der Waals surface area contributed by atoms with E-state index in [2.05, 4.69) is 17.0 Å². The van der Waals surface area contributed by atoms with Crippen molar-refractivity contribution < 1.29 is 9.13 Å². The van der Waals surface area contributed by atoms with Crippen LogP contribution in [-0.4, -0.2) is 41.4 Å². The molecule has 0 N–H and O–H groups in total. The SMILES string of the molecule is COc1ccc(CCN2CCCC(n3nc(Cc4ccc(F)cc4)c4ccccc4c3=O)CC2)cc1. The summed E-state index contributed by atoms with van der Waals surface area (Å²) in [5.74, 6) is 0.625. The number of nitrogens with zero attached hydrogens (tertiary/aromatic N) is 3. The molecule has 2 heterocycles. The minimum absolute atomic E-state index is 0.0230. The first-order valence-corrected chi connectivity index (χ1v) is 12.7. The molecule has 1 aliphatic heterocycles. The van der Waals surface area contributed by atoms with E-state index < -0.39 is 0 Å². The first-order chi connectivity index (χ1) is 17.6. The first-order valence-electron chi connectivity index (χ1n) is 12.7. The summed E-state index contributed by atoms with van der Waals surface area (Å²) in [5, 5.41) is 6.47. The molecule has 6 heteroatoms. The summed E-state index contributed by atoms with van der Waals surface area (Å²) in [6, 6.07) is 22.5. The Balaban J connectivity index is 1.33. The third-order valence-corrected chi connectivity index (χ3v) is 7.20. The Morgan fingerprint density at radius 3 is 2.39 bits per heavy atom. The maximum Gasteiger partial charge on any atom is 0.274 e. The highest BCUT2D eigenvalue weighted by Gasteiger charge is 2.22. The second-order valence-electron chi connectivity index (χ2n) is 9.57. The molecule has 186 valence electrons. The predicted octanol–water partition coefficient (Wildman–Crippen LogP) is 5.40. The Morgan fingerprint density at radius 1 is 0.917 bits per heavy atom. The van der Waals surface area contributed by atoms with E-state index in [9.17, 15) is 9.18 Å². The van der Waals surface area contributed by atoms with Gasteiger partial charge in [-0.3, -0.25) is 4.79 Å². The largest absolute Gasteiger partial charge is 0.497 e. The van der Waals surface area contributed by atoms with Crippen molar-refractivity contribution in [1.29, 1.82) is 0 Å². The molecule has 0 saturated carbocycles. The first kappa shape index (κ1) is 24.2. The summed E-state index contributed by atoms with van der Waals surface area (Å²) in [4.78, 5) is 16.0. The van der Waals surface area contributed by atoms with E-state index in [1.807, 2.05) is 36.4 Å². The maximum absolute atomic E-state index is 13.5. The molecule has 1 aromatic heterocycles. The third kappa shape index (κ3) is 5.49. The van der Waals surface area contributed by atoms with Gasteiger partial charge in [0, 0.05) is 24.9 Å². The molecule has 1 fully saturated rings. The molecule has 0 spiro atoms. The minimum Gasteiger partial charge on any atom is -0.497 e. The van der Waals surface area contributed by atoms with E-state index in [4.69, 9.17) is 9.84 Å². The average Bonchev–Trinajstić information content (AvgIpc) is 3.16. The van der Waals surface area contributed by atoms with Crippen LogP contribution in [-0.2, 0) is 12.8 Å². The Labute approximate surface area is 211 Å². The Hall–Kier alpha value is -3.51. The van der Waals surface area contributed by atoms with E-state index in [1.54, 1.807) is 23.9 Å². The van der Waals surface area contributed by atoms with Gasteiger partial charge in [-0.1, -0.05) is 42.5 Å². The number of hydrogen-bond donors (Lipinski definition) is 0. The fourth-order valence-electron chi connectivity index (χ4n) is 5.13. The van der Waals surface area contributed by atoms with Gasteiger partial charge in [0.05, 0.1) is 24.2 Å². The molecule has 1 aliphatic rings. The lowest BCUT2D eigenvalue weighted by molar-refractivity contribution is 0.281. The van der Waals surface area contributed by atoms with Crippen LogP contribution in [0.25, 0.3) is 10.8 Å². The topological polar surface area (TPSA) is 47.4 Å². The number of methoxy groups -OCH3 is 1. The fourth-order valence-corrected chi connectivity index (χ4v) is 5.13. The predicted molar refractivity (Wildman–Crippen MR) is 141 cm³/mol. The van der Waals surface area contributed by atoms with Gasteiger partial charge in [-0.25, -0.2) is 9.07 Å². The maximum atomic E-state index is 13.5. The van der Waals surface area contributed by atoms with Crippen molar-refractivity contribution in [1.82, 2.24) is 14.7 Å². The van der Waals surface area contributed by atoms with Crippen molar-refractivity contribution in [3.05, 3.63) is 106 Å². The molecule has 0 aliphatic carbocycles. The van der Waals surface area contributed by atoms with Crippen molar-refractivity contribution in [2.24, 2.45) is 0 Å². The smallest absolute Gasteiger partial charge is 0.274 e. The summed E-state index contributed by atoms with van der Waals surface area (Å²) >= 11 is 0. The van der Waals surface area contributed by atoms with Gasteiger partial charge in [0.1, 0.15) is 11.6 Å². The molecular formula is C30H32FN3O2. The van der Waals surface area contributed by atoms with Gasteiger partial charge >= 0.3 is 0 Å². The number of rotatable bonds is 7. The lowest BCUT2D eigenvalue weighted by Crippen LogP contribution is -2.30. The van der Waals surface area contributed by atoms with Crippen molar-refractivity contribution in [3.63, 3.8) is 0 Å². The number of ether oxygens (including phenoxy) is 1. The second kappa shape index (κ2) is 11.0. The average molecular weight is 486 g/mol. The van der Waals surface area contributed by atoms with Gasteiger partial charge in [-0.15, -0.1) is 0 Å². The van der Waals surface area contributed by atoms with E-state index in [-0.39, 0.29) is 17.4 Å². The number of hydrogen-bond acceptors (Lipinski definition) is 4. The van der Waals surface area contributed by atoms with Crippen LogP contribution in [0.15, 0.2) is 77.6 Å². The molecule has 1 atom stereocenters.